The van der Waals surface area contributed by atoms with E-state index < -0.39 is 23.4 Å². The van der Waals surface area contributed by atoms with Crippen molar-refractivity contribution in [2.24, 2.45) is 5.92 Å². The second kappa shape index (κ2) is 10.2. The molecule has 27 heavy (non-hydrogen) atoms. The van der Waals surface area contributed by atoms with Crippen molar-refractivity contribution < 1.29 is 22.0 Å². The van der Waals surface area contributed by atoms with E-state index >= 15 is 0 Å². The third-order valence-electron chi connectivity index (χ3n) is 5.52. The van der Waals surface area contributed by atoms with Crippen LogP contribution in [0.3, 0.4) is 0 Å². The highest BCUT2D eigenvalue weighted by molar-refractivity contribution is 5.30. The van der Waals surface area contributed by atoms with Gasteiger partial charge in [-0.3, -0.25) is 0 Å². The highest BCUT2D eigenvalue weighted by Crippen LogP contribution is 2.40. The normalized spacial score (nSPS) is 21.1. The summed E-state index contributed by atoms with van der Waals surface area (Å²) in [4.78, 5) is 0. The molecule has 0 aliphatic heterocycles. The molecule has 1 fully saturated rings. The molecule has 1 aromatic carbocycles. The molecule has 0 aromatic heterocycles. The Morgan fingerprint density at radius 1 is 0.926 bits per heavy atom. The Labute approximate surface area is 158 Å². The largest absolute Gasteiger partial charge is 0.422 e. The number of unbranched alkanes of at least 4 members (excludes halogenated alkanes) is 3. The van der Waals surface area contributed by atoms with Gasteiger partial charge in [-0.05, 0) is 74.5 Å². The van der Waals surface area contributed by atoms with Crippen molar-refractivity contribution in [3.63, 3.8) is 0 Å². The van der Waals surface area contributed by atoms with Crippen LogP contribution in [0.2, 0.25) is 0 Å². The van der Waals surface area contributed by atoms with Crippen molar-refractivity contribution in [2.75, 3.05) is 0 Å². The second-order valence-corrected chi connectivity index (χ2v) is 7.62. The van der Waals surface area contributed by atoms with Crippen molar-refractivity contribution in [1.29, 1.82) is 0 Å². The average Bonchev–Trinajstić information content (AvgIpc) is 2.59. The SMILES string of the molecule is CCC/C=C/CCCCC1CCC(c2cc(F)c(C(F)(F)F)c(F)c2)CC1. The van der Waals surface area contributed by atoms with Gasteiger partial charge in [0.2, 0.25) is 0 Å². The lowest BCUT2D eigenvalue weighted by molar-refractivity contribution is -0.142. The Morgan fingerprint density at radius 2 is 1.52 bits per heavy atom. The molecule has 0 N–H and O–H groups in total. The predicted octanol–water partition coefficient (Wildman–Crippen LogP) is 8.17. The fourth-order valence-electron chi connectivity index (χ4n) is 3.98. The number of allylic oxidation sites excluding steroid dienone is 2. The lowest BCUT2D eigenvalue weighted by atomic mass is 9.77. The van der Waals surface area contributed by atoms with E-state index in [9.17, 15) is 22.0 Å². The van der Waals surface area contributed by atoms with E-state index in [-0.39, 0.29) is 5.92 Å². The minimum atomic E-state index is -5.00. The zero-order valence-corrected chi connectivity index (χ0v) is 15.9. The van der Waals surface area contributed by atoms with Gasteiger partial charge in [0.25, 0.3) is 0 Å². The Morgan fingerprint density at radius 3 is 2.07 bits per heavy atom. The first-order valence-electron chi connectivity index (χ1n) is 10.0. The van der Waals surface area contributed by atoms with Crippen molar-refractivity contribution in [2.45, 2.75) is 83.2 Å². The summed E-state index contributed by atoms with van der Waals surface area (Å²) in [5.41, 5.74) is -1.43. The van der Waals surface area contributed by atoms with Gasteiger partial charge in [-0.2, -0.15) is 13.2 Å². The maximum absolute atomic E-state index is 13.8. The number of hydrogen-bond donors (Lipinski definition) is 0. The van der Waals surface area contributed by atoms with Crippen LogP contribution in [-0.4, -0.2) is 0 Å². The fourth-order valence-corrected chi connectivity index (χ4v) is 3.98. The van der Waals surface area contributed by atoms with Crippen LogP contribution in [0.15, 0.2) is 24.3 Å². The summed E-state index contributed by atoms with van der Waals surface area (Å²) in [5.74, 6) is -2.44. The lowest BCUT2D eigenvalue weighted by Gasteiger charge is -2.29. The van der Waals surface area contributed by atoms with E-state index in [4.69, 9.17) is 0 Å². The summed E-state index contributed by atoms with van der Waals surface area (Å²) in [6.07, 6.45) is 9.91. The van der Waals surface area contributed by atoms with Gasteiger partial charge in [-0.1, -0.05) is 38.3 Å². The van der Waals surface area contributed by atoms with Crippen molar-refractivity contribution in [3.8, 4) is 0 Å². The molecule has 0 unspecified atom stereocenters. The molecule has 0 atom stereocenters. The molecular weight excluding hydrogens is 359 g/mol. The van der Waals surface area contributed by atoms with Gasteiger partial charge in [0, 0.05) is 0 Å². The summed E-state index contributed by atoms with van der Waals surface area (Å²) in [5, 5.41) is 0. The van der Waals surface area contributed by atoms with Crippen molar-refractivity contribution >= 4 is 0 Å². The summed E-state index contributed by atoms with van der Waals surface area (Å²) in [6.45, 7) is 2.16. The molecule has 1 aromatic rings. The maximum atomic E-state index is 13.8. The van der Waals surface area contributed by atoms with E-state index in [1.807, 2.05) is 0 Å². The summed E-state index contributed by atoms with van der Waals surface area (Å²) < 4.78 is 65.6. The molecule has 0 radical (unpaired) electrons. The Kier molecular flexibility index (Phi) is 8.30. The first-order valence-corrected chi connectivity index (χ1v) is 10.0. The van der Waals surface area contributed by atoms with Gasteiger partial charge in [-0.15, -0.1) is 0 Å². The van der Waals surface area contributed by atoms with Crippen LogP contribution in [0.25, 0.3) is 0 Å². The number of benzene rings is 1. The molecule has 0 nitrogen and oxygen atoms in total. The summed E-state index contributed by atoms with van der Waals surface area (Å²) in [7, 11) is 0. The first kappa shape index (κ1) is 21.9. The molecule has 0 amide bonds. The average molecular weight is 388 g/mol. The monoisotopic (exact) mass is 388 g/mol. The van der Waals surface area contributed by atoms with Crippen LogP contribution in [0, 0.1) is 17.6 Å². The summed E-state index contributed by atoms with van der Waals surface area (Å²) >= 11 is 0. The number of rotatable bonds is 8. The molecule has 1 aliphatic carbocycles. The fraction of sp³-hybridized carbons (Fsp3) is 0.636. The van der Waals surface area contributed by atoms with Crippen LogP contribution in [0.4, 0.5) is 22.0 Å². The topological polar surface area (TPSA) is 0 Å². The quantitative estimate of drug-likeness (QED) is 0.239. The van der Waals surface area contributed by atoms with Crippen molar-refractivity contribution in [3.05, 3.63) is 47.0 Å². The van der Waals surface area contributed by atoms with E-state index in [1.165, 1.54) is 19.3 Å². The Bertz CT molecular complexity index is 587. The van der Waals surface area contributed by atoms with E-state index in [0.29, 0.717) is 11.5 Å². The van der Waals surface area contributed by atoms with E-state index in [0.717, 1.165) is 57.1 Å². The number of halogens is 5. The van der Waals surface area contributed by atoms with Crippen LogP contribution in [0.5, 0.6) is 0 Å². The van der Waals surface area contributed by atoms with Crippen molar-refractivity contribution in [1.82, 2.24) is 0 Å². The maximum Gasteiger partial charge on any atom is 0.422 e. The Balaban J connectivity index is 1.80. The zero-order chi connectivity index (χ0) is 19.9. The van der Waals surface area contributed by atoms with Gasteiger partial charge in [0.15, 0.2) is 0 Å². The Hall–Kier alpha value is -1.39. The number of hydrogen-bond acceptors (Lipinski definition) is 0. The summed E-state index contributed by atoms with van der Waals surface area (Å²) in [6, 6.07) is 1.75. The van der Waals surface area contributed by atoms with Crippen LogP contribution < -0.4 is 0 Å². The molecule has 1 aliphatic rings. The predicted molar refractivity (Wildman–Crippen MR) is 98.6 cm³/mol. The van der Waals surface area contributed by atoms with Crippen LogP contribution in [0.1, 0.15) is 88.2 Å². The smallest absolute Gasteiger partial charge is 0.206 e. The molecule has 152 valence electrons. The molecule has 0 heterocycles. The molecule has 5 heteroatoms. The third kappa shape index (κ3) is 6.62. The van der Waals surface area contributed by atoms with Gasteiger partial charge in [-0.25, -0.2) is 8.78 Å². The zero-order valence-electron chi connectivity index (χ0n) is 15.9. The minimum Gasteiger partial charge on any atom is -0.206 e. The number of alkyl halides is 3. The second-order valence-electron chi connectivity index (χ2n) is 7.62. The standard InChI is InChI=1S/C22H29F5/c1-2-3-4-5-6-7-8-9-16-10-12-17(13-11-16)18-14-19(23)21(20(24)15-18)22(25,26)27/h4-5,14-17H,2-3,6-13H2,1H3/b5-4+. The van der Waals surface area contributed by atoms with Crippen LogP contribution >= 0.6 is 0 Å². The molecule has 0 saturated heterocycles. The highest BCUT2D eigenvalue weighted by Gasteiger charge is 2.38. The van der Waals surface area contributed by atoms with Gasteiger partial charge in [0.1, 0.15) is 17.2 Å². The van der Waals surface area contributed by atoms with Gasteiger partial charge in [0.05, 0.1) is 0 Å². The lowest BCUT2D eigenvalue weighted by Crippen LogP contribution is -2.16. The first-order chi connectivity index (χ1) is 12.8. The molecule has 0 bridgehead atoms. The van der Waals surface area contributed by atoms with Gasteiger partial charge < -0.3 is 0 Å². The van der Waals surface area contributed by atoms with Crippen LogP contribution in [-0.2, 0) is 6.18 Å². The third-order valence-corrected chi connectivity index (χ3v) is 5.52. The highest BCUT2D eigenvalue weighted by atomic mass is 19.4. The molecule has 2 rings (SSSR count). The molecular formula is C22H29F5. The van der Waals surface area contributed by atoms with Gasteiger partial charge >= 0.3 is 6.18 Å². The van der Waals surface area contributed by atoms with E-state index in [1.54, 1.807) is 0 Å². The molecule has 0 spiro atoms. The van der Waals surface area contributed by atoms with E-state index in [2.05, 4.69) is 19.1 Å². The molecule has 1 saturated carbocycles. The minimum absolute atomic E-state index is 0.0514.